The van der Waals surface area contributed by atoms with Crippen LogP contribution in [0.2, 0.25) is 0 Å². The Hall–Kier alpha value is -1.75. The van der Waals surface area contributed by atoms with Gasteiger partial charge in [-0.25, -0.2) is 4.79 Å². The molecule has 0 aromatic heterocycles. The summed E-state index contributed by atoms with van der Waals surface area (Å²) in [6.45, 7) is 7.30. The fourth-order valence-electron chi connectivity index (χ4n) is 2.72. The maximum Gasteiger partial charge on any atom is 0.407 e. The lowest BCUT2D eigenvalue weighted by Gasteiger charge is -2.33. The van der Waals surface area contributed by atoms with Crippen molar-refractivity contribution in [1.29, 1.82) is 0 Å². The van der Waals surface area contributed by atoms with Gasteiger partial charge < -0.3 is 20.1 Å². The summed E-state index contributed by atoms with van der Waals surface area (Å²) in [6, 6.07) is 8.08. The third kappa shape index (κ3) is 4.63. The average Bonchev–Trinajstić information content (AvgIpc) is 2.46. The monoisotopic (exact) mass is 306 g/mol. The standard InChI is InChI=1S/C17H26N2O3/c1-17(2,3)22-16(20)19-15-11-18-10-9-14(15)12-5-7-13(21-4)8-6-12/h5-8,14-15,18H,9-11H2,1-4H3,(H,19,20)/t14?,15-/m1/s1. The van der Waals surface area contributed by atoms with Gasteiger partial charge in [0, 0.05) is 12.5 Å². The molecule has 1 heterocycles. The second-order valence-electron chi connectivity index (χ2n) is 6.63. The Morgan fingerprint density at radius 3 is 2.55 bits per heavy atom. The van der Waals surface area contributed by atoms with Crippen LogP contribution in [0.15, 0.2) is 24.3 Å². The summed E-state index contributed by atoms with van der Waals surface area (Å²) in [5.41, 5.74) is 0.727. The fourth-order valence-corrected chi connectivity index (χ4v) is 2.72. The van der Waals surface area contributed by atoms with Crippen molar-refractivity contribution in [3.05, 3.63) is 29.8 Å². The van der Waals surface area contributed by atoms with Gasteiger partial charge in [-0.3, -0.25) is 0 Å². The number of carbonyl (C=O) groups excluding carboxylic acids is 1. The van der Waals surface area contributed by atoms with Crippen molar-refractivity contribution >= 4 is 6.09 Å². The number of piperidine rings is 1. The maximum absolute atomic E-state index is 12.0. The van der Waals surface area contributed by atoms with Gasteiger partial charge in [-0.1, -0.05) is 12.1 Å². The van der Waals surface area contributed by atoms with Crippen LogP contribution >= 0.6 is 0 Å². The van der Waals surface area contributed by atoms with Crippen LogP contribution in [0.5, 0.6) is 5.75 Å². The molecule has 1 aliphatic heterocycles. The first-order valence-electron chi connectivity index (χ1n) is 7.73. The van der Waals surface area contributed by atoms with E-state index in [1.54, 1.807) is 7.11 Å². The van der Waals surface area contributed by atoms with E-state index in [1.807, 2.05) is 32.9 Å². The Morgan fingerprint density at radius 2 is 1.95 bits per heavy atom. The number of carbonyl (C=O) groups is 1. The van der Waals surface area contributed by atoms with E-state index >= 15 is 0 Å². The topological polar surface area (TPSA) is 59.6 Å². The molecule has 0 radical (unpaired) electrons. The predicted molar refractivity (Wildman–Crippen MR) is 86.4 cm³/mol. The third-order valence-electron chi connectivity index (χ3n) is 3.73. The van der Waals surface area contributed by atoms with Crippen LogP contribution in [0, 0.1) is 0 Å². The molecule has 5 heteroatoms. The predicted octanol–water partition coefficient (Wildman–Crippen LogP) is 2.67. The van der Waals surface area contributed by atoms with Crippen LogP contribution in [-0.2, 0) is 4.74 Å². The number of methoxy groups -OCH3 is 1. The molecular formula is C17H26N2O3. The molecule has 0 aliphatic carbocycles. The van der Waals surface area contributed by atoms with Crippen LogP contribution in [0.1, 0.15) is 38.7 Å². The minimum Gasteiger partial charge on any atom is -0.497 e. The van der Waals surface area contributed by atoms with Crippen molar-refractivity contribution in [3.8, 4) is 5.75 Å². The van der Waals surface area contributed by atoms with E-state index in [9.17, 15) is 4.79 Å². The number of amides is 1. The summed E-state index contributed by atoms with van der Waals surface area (Å²) in [5, 5.41) is 6.33. The molecule has 1 saturated heterocycles. The summed E-state index contributed by atoms with van der Waals surface area (Å²) in [5.74, 6) is 1.12. The van der Waals surface area contributed by atoms with Crippen molar-refractivity contribution in [1.82, 2.24) is 10.6 Å². The lowest BCUT2D eigenvalue weighted by molar-refractivity contribution is 0.0489. The first-order valence-corrected chi connectivity index (χ1v) is 7.73. The molecule has 0 bridgehead atoms. The zero-order valence-electron chi connectivity index (χ0n) is 13.8. The Labute approximate surface area is 132 Å². The molecule has 122 valence electrons. The van der Waals surface area contributed by atoms with Gasteiger partial charge in [0.2, 0.25) is 0 Å². The van der Waals surface area contributed by atoms with E-state index in [4.69, 9.17) is 9.47 Å². The number of hydrogen-bond acceptors (Lipinski definition) is 4. The van der Waals surface area contributed by atoms with Gasteiger partial charge in [-0.2, -0.15) is 0 Å². The second kappa shape index (κ2) is 7.01. The van der Waals surface area contributed by atoms with Crippen LogP contribution in [0.4, 0.5) is 4.79 Å². The highest BCUT2D eigenvalue weighted by molar-refractivity contribution is 5.68. The Balaban J connectivity index is 2.05. The van der Waals surface area contributed by atoms with Gasteiger partial charge in [0.05, 0.1) is 13.2 Å². The van der Waals surface area contributed by atoms with Crippen LogP contribution in [0.25, 0.3) is 0 Å². The highest BCUT2D eigenvalue weighted by atomic mass is 16.6. The largest absolute Gasteiger partial charge is 0.497 e. The SMILES string of the molecule is COc1ccc(C2CCNC[C@H]2NC(=O)OC(C)(C)C)cc1. The smallest absolute Gasteiger partial charge is 0.407 e. The maximum atomic E-state index is 12.0. The average molecular weight is 306 g/mol. The highest BCUT2D eigenvalue weighted by Gasteiger charge is 2.29. The molecule has 1 unspecified atom stereocenters. The normalized spacial score (nSPS) is 22.0. The molecule has 0 saturated carbocycles. The minimum absolute atomic E-state index is 0.0250. The summed E-state index contributed by atoms with van der Waals surface area (Å²) in [6.07, 6.45) is 0.618. The lowest BCUT2D eigenvalue weighted by atomic mass is 9.86. The van der Waals surface area contributed by atoms with Gasteiger partial charge in [0.1, 0.15) is 11.4 Å². The van der Waals surface area contributed by atoms with Crippen LogP contribution < -0.4 is 15.4 Å². The minimum atomic E-state index is -0.484. The summed E-state index contributed by atoms with van der Waals surface area (Å²) >= 11 is 0. The van der Waals surface area contributed by atoms with E-state index < -0.39 is 5.60 Å². The molecule has 2 rings (SSSR count). The van der Waals surface area contributed by atoms with Gasteiger partial charge in [0.25, 0.3) is 0 Å². The zero-order chi connectivity index (χ0) is 16.2. The number of alkyl carbamates (subject to hydrolysis) is 1. The first kappa shape index (κ1) is 16.6. The van der Waals surface area contributed by atoms with Crippen LogP contribution in [0.3, 0.4) is 0 Å². The molecule has 1 amide bonds. The molecule has 0 spiro atoms. The van der Waals surface area contributed by atoms with Crippen molar-refractivity contribution in [2.75, 3.05) is 20.2 Å². The number of hydrogen-bond donors (Lipinski definition) is 2. The number of ether oxygens (including phenoxy) is 2. The molecule has 1 aromatic rings. The fraction of sp³-hybridized carbons (Fsp3) is 0.588. The molecule has 2 N–H and O–H groups in total. The van der Waals surface area contributed by atoms with Gasteiger partial charge in [0.15, 0.2) is 0 Å². The first-order chi connectivity index (χ1) is 10.4. The summed E-state index contributed by atoms with van der Waals surface area (Å²) in [4.78, 5) is 12.0. The van der Waals surface area contributed by atoms with Gasteiger partial charge in [-0.15, -0.1) is 0 Å². The molecule has 2 atom stereocenters. The lowest BCUT2D eigenvalue weighted by Crippen LogP contribution is -2.51. The summed E-state index contributed by atoms with van der Waals surface area (Å²) in [7, 11) is 1.66. The Bertz CT molecular complexity index is 494. The highest BCUT2D eigenvalue weighted by Crippen LogP contribution is 2.27. The molecule has 1 aliphatic rings. The van der Waals surface area contributed by atoms with Crippen molar-refractivity contribution in [2.24, 2.45) is 0 Å². The molecule has 1 aromatic carbocycles. The van der Waals surface area contributed by atoms with Gasteiger partial charge in [-0.05, 0) is 51.4 Å². The second-order valence-corrected chi connectivity index (χ2v) is 6.63. The number of rotatable bonds is 3. The number of nitrogens with one attached hydrogen (secondary N) is 2. The summed E-state index contributed by atoms with van der Waals surface area (Å²) < 4.78 is 10.6. The quantitative estimate of drug-likeness (QED) is 0.901. The van der Waals surface area contributed by atoms with E-state index in [0.717, 1.165) is 25.3 Å². The molecule has 22 heavy (non-hydrogen) atoms. The third-order valence-corrected chi connectivity index (χ3v) is 3.73. The van der Waals surface area contributed by atoms with Crippen LogP contribution in [-0.4, -0.2) is 37.9 Å². The Morgan fingerprint density at radius 1 is 1.27 bits per heavy atom. The van der Waals surface area contributed by atoms with Crippen molar-refractivity contribution < 1.29 is 14.3 Å². The van der Waals surface area contributed by atoms with Crippen molar-refractivity contribution in [2.45, 2.75) is 44.8 Å². The van der Waals surface area contributed by atoms with E-state index in [-0.39, 0.29) is 18.1 Å². The van der Waals surface area contributed by atoms with Gasteiger partial charge >= 0.3 is 6.09 Å². The molecular weight excluding hydrogens is 280 g/mol. The van der Waals surface area contributed by atoms with E-state index in [0.29, 0.717) is 0 Å². The molecule has 1 fully saturated rings. The zero-order valence-corrected chi connectivity index (χ0v) is 13.8. The molecule has 5 nitrogen and oxygen atoms in total. The van der Waals surface area contributed by atoms with Crippen molar-refractivity contribution in [3.63, 3.8) is 0 Å². The number of benzene rings is 1. The Kier molecular flexibility index (Phi) is 5.29. The van der Waals surface area contributed by atoms with E-state index in [1.165, 1.54) is 5.56 Å². The van der Waals surface area contributed by atoms with E-state index in [2.05, 4.69) is 22.8 Å².